The van der Waals surface area contributed by atoms with Crippen molar-refractivity contribution in [1.82, 2.24) is 10.2 Å². The van der Waals surface area contributed by atoms with E-state index in [0.29, 0.717) is 0 Å². The molecule has 2 fully saturated rings. The molecule has 20 heavy (non-hydrogen) atoms. The molecule has 2 aliphatic heterocycles. The van der Waals surface area contributed by atoms with E-state index in [1.54, 1.807) is 18.2 Å². The van der Waals surface area contributed by atoms with Crippen LogP contribution < -0.4 is 5.32 Å². The third kappa shape index (κ3) is 2.57. The van der Waals surface area contributed by atoms with E-state index in [1.807, 2.05) is 4.90 Å². The molecule has 0 saturated carbocycles. The minimum absolute atomic E-state index is 0.159. The van der Waals surface area contributed by atoms with E-state index in [4.69, 9.17) is 0 Å². The Balaban J connectivity index is 1.77. The highest BCUT2D eigenvalue weighted by molar-refractivity contribution is 5.94. The van der Waals surface area contributed by atoms with Gasteiger partial charge in [0.15, 0.2) is 0 Å². The molecule has 2 heterocycles. The summed E-state index contributed by atoms with van der Waals surface area (Å²) in [6.45, 7) is 3.55. The zero-order chi connectivity index (χ0) is 14.0. The van der Waals surface area contributed by atoms with Gasteiger partial charge in [-0.3, -0.25) is 4.79 Å². The Labute approximate surface area is 119 Å². The number of carbonyl (C=O) groups excluding carboxylic acids is 1. The Morgan fingerprint density at radius 2 is 2.05 bits per heavy atom. The minimum Gasteiger partial charge on any atom is -0.338 e. The van der Waals surface area contributed by atoms with Crippen molar-refractivity contribution in [2.24, 2.45) is 5.41 Å². The topological polar surface area (TPSA) is 32.3 Å². The van der Waals surface area contributed by atoms with Crippen LogP contribution in [0.3, 0.4) is 0 Å². The standard InChI is InChI=1S/C16H21FN2O/c17-14-6-2-1-5-13(14)15(20)19-10-4-8-16(12-19)7-3-9-18-11-16/h1-2,5-6,18H,3-4,7-12H2. The van der Waals surface area contributed by atoms with Gasteiger partial charge in [-0.2, -0.15) is 0 Å². The largest absolute Gasteiger partial charge is 0.338 e. The first-order valence-corrected chi connectivity index (χ1v) is 7.45. The molecule has 1 amide bonds. The highest BCUT2D eigenvalue weighted by atomic mass is 19.1. The van der Waals surface area contributed by atoms with Gasteiger partial charge in [-0.25, -0.2) is 4.39 Å². The van der Waals surface area contributed by atoms with Gasteiger partial charge in [-0.05, 0) is 44.4 Å². The number of benzene rings is 1. The number of hydrogen-bond acceptors (Lipinski definition) is 2. The second kappa shape index (κ2) is 5.52. The molecule has 3 nitrogen and oxygen atoms in total. The van der Waals surface area contributed by atoms with Crippen LogP contribution in [0, 0.1) is 11.2 Å². The van der Waals surface area contributed by atoms with Gasteiger partial charge in [-0.1, -0.05) is 12.1 Å². The fraction of sp³-hybridized carbons (Fsp3) is 0.562. The molecule has 1 aromatic rings. The summed E-state index contributed by atoms with van der Waals surface area (Å²) in [6.07, 6.45) is 4.52. The van der Waals surface area contributed by atoms with Gasteiger partial charge in [0.1, 0.15) is 5.82 Å². The molecule has 2 aliphatic rings. The van der Waals surface area contributed by atoms with Crippen molar-refractivity contribution in [2.75, 3.05) is 26.2 Å². The third-order valence-corrected chi connectivity index (χ3v) is 4.61. The van der Waals surface area contributed by atoms with E-state index in [9.17, 15) is 9.18 Å². The molecule has 3 rings (SSSR count). The summed E-state index contributed by atoms with van der Waals surface area (Å²) in [5.74, 6) is -0.577. The third-order valence-electron chi connectivity index (χ3n) is 4.61. The summed E-state index contributed by atoms with van der Waals surface area (Å²) in [4.78, 5) is 14.4. The molecule has 0 bridgehead atoms. The average molecular weight is 276 g/mol. The van der Waals surface area contributed by atoms with Crippen molar-refractivity contribution in [3.8, 4) is 0 Å². The van der Waals surface area contributed by atoms with Crippen molar-refractivity contribution in [1.29, 1.82) is 0 Å². The zero-order valence-corrected chi connectivity index (χ0v) is 11.7. The van der Waals surface area contributed by atoms with Gasteiger partial charge < -0.3 is 10.2 Å². The van der Waals surface area contributed by atoms with Crippen LogP contribution in [0.5, 0.6) is 0 Å². The normalized spacial score (nSPS) is 26.8. The molecule has 2 saturated heterocycles. The van der Waals surface area contributed by atoms with E-state index in [-0.39, 0.29) is 16.9 Å². The second-order valence-electron chi connectivity index (χ2n) is 6.09. The highest BCUT2D eigenvalue weighted by Crippen LogP contribution is 2.36. The average Bonchev–Trinajstić information content (AvgIpc) is 2.48. The molecule has 108 valence electrons. The lowest BCUT2D eigenvalue weighted by atomic mass is 9.74. The highest BCUT2D eigenvalue weighted by Gasteiger charge is 2.38. The number of amides is 1. The molecule has 0 aromatic heterocycles. The summed E-state index contributed by atoms with van der Waals surface area (Å²) >= 11 is 0. The molecule has 1 N–H and O–H groups in total. The number of halogens is 1. The Morgan fingerprint density at radius 3 is 2.80 bits per heavy atom. The summed E-state index contributed by atoms with van der Waals surface area (Å²) < 4.78 is 13.8. The predicted molar refractivity (Wildman–Crippen MR) is 76.1 cm³/mol. The van der Waals surface area contributed by atoms with Crippen LogP contribution in [-0.4, -0.2) is 37.0 Å². The van der Waals surface area contributed by atoms with Crippen molar-refractivity contribution in [3.63, 3.8) is 0 Å². The Hall–Kier alpha value is -1.42. The zero-order valence-electron chi connectivity index (χ0n) is 11.7. The summed E-state index contributed by atoms with van der Waals surface area (Å²) in [5.41, 5.74) is 0.408. The summed E-state index contributed by atoms with van der Waals surface area (Å²) in [7, 11) is 0. The van der Waals surface area contributed by atoms with Crippen molar-refractivity contribution in [2.45, 2.75) is 25.7 Å². The van der Waals surface area contributed by atoms with Crippen LogP contribution in [0.25, 0.3) is 0 Å². The van der Waals surface area contributed by atoms with Crippen LogP contribution in [0.15, 0.2) is 24.3 Å². The van der Waals surface area contributed by atoms with Crippen LogP contribution >= 0.6 is 0 Å². The summed E-state index contributed by atoms with van der Waals surface area (Å²) in [6, 6.07) is 6.28. The van der Waals surface area contributed by atoms with Gasteiger partial charge in [0.05, 0.1) is 5.56 Å². The molecule has 1 atom stereocenters. The number of piperidine rings is 2. The van der Waals surface area contributed by atoms with Gasteiger partial charge >= 0.3 is 0 Å². The molecule has 0 radical (unpaired) electrons. The predicted octanol–water partition coefficient (Wildman–Crippen LogP) is 2.43. The van der Waals surface area contributed by atoms with Crippen molar-refractivity contribution < 1.29 is 9.18 Å². The lowest BCUT2D eigenvalue weighted by Gasteiger charge is -2.45. The van der Waals surface area contributed by atoms with E-state index in [2.05, 4.69) is 5.32 Å². The van der Waals surface area contributed by atoms with Gasteiger partial charge in [0, 0.05) is 25.0 Å². The first-order chi connectivity index (χ1) is 9.70. The Morgan fingerprint density at radius 1 is 1.25 bits per heavy atom. The van der Waals surface area contributed by atoms with E-state index in [0.717, 1.165) is 32.6 Å². The maximum Gasteiger partial charge on any atom is 0.256 e. The van der Waals surface area contributed by atoms with E-state index >= 15 is 0 Å². The number of nitrogens with zero attached hydrogens (tertiary/aromatic N) is 1. The fourth-order valence-electron chi connectivity index (χ4n) is 3.56. The number of rotatable bonds is 1. The van der Waals surface area contributed by atoms with E-state index < -0.39 is 5.82 Å². The maximum absolute atomic E-state index is 13.8. The minimum atomic E-state index is -0.418. The van der Waals surface area contributed by atoms with Crippen molar-refractivity contribution >= 4 is 5.91 Å². The second-order valence-corrected chi connectivity index (χ2v) is 6.09. The molecular weight excluding hydrogens is 255 g/mol. The molecule has 1 spiro atoms. The fourth-order valence-corrected chi connectivity index (χ4v) is 3.56. The van der Waals surface area contributed by atoms with Gasteiger partial charge in [0.25, 0.3) is 5.91 Å². The number of carbonyl (C=O) groups is 1. The quantitative estimate of drug-likeness (QED) is 0.854. The Bertz CT molecular complexity index is 491. The van der Waals surface area contributed by atoms with Crippen LogP contribution in [0.2, 0.25) is 0 Å². The van der Waals surface area contributed by atoms with Crippen molar-refractivity contribution in [3.05, 3.63) is 35.6 Å². The maximum atomic E-state index is 13.8. The SMILES string of the molecule is O=C(c1ccccc1F)N1CCCC2(CCCNC2)C1. The lowest BCUT2D eigenvalue weighted by Crippen LogP contribution is -2.52. The first-order valence-electron chi connectivity index (χ1n) is 7.45. The monoisotopic (exact) mass is 276 g/mol. The van der Waals surface area contributed by atoms with Gasteiger partial charge in [0.2, 0.25) is 0 Å². The molecule has 4 heteroatoms. The Kier molecular flexibility index (Phi) is 3.74. The van der Waals surface area contributed by atoms with Crippen LogP contribution in [0.4, 0.5) is 4.39 Å². The number of nitrogens with one attached hydrogen (secondary N) is 1. The molecule has 0 aliphatic carbocycles. The van der Waals surface area contributed by atoms with Crippen LogP contribution in [-0.2, 0) is 0 Å². The molecule has 1 unspecified atom stereocenters. The van der Waals surface area contributed by atoms with Gasteiger partial charge in [-0.15, -0.1) is 0 Å². The molecule has 1 aromatic carbocycles. The summed E-state index contributed by atoms with van der Waals surface area (Å²) in [5, 5.41) is 3.44. The number of hydrogen-bond donors (Lipinski definition) is 1. The first kappa shape index (κ1) is 13.6. The smallest absolute Gasteiger partial charge is 0.256 e. The molecular formula is C16H21FN2O. The van der Waals surface area contributed by atoms with E-state index in [1.165, 1.54) is 25.3 Å². The lowest BCUT2D eigenvalue weighted by molar-refractivity contribution is 0.0430. The van der Waals surface area contributed by atoms with Crippen LogP contribution in [0.1, 0.15) is 36.0 Å². The number of likely N-dealkylation sites (tertiary alicyclic amines) is 1.